The first-order valence-corrected chi connectivity index (χ1v) is 10.8. The lowest BCUT2D eigenvalue weighted by Gasteiger charge is -2.05. The van der Waals surface area contributed by atoms with E-state index in [1.54, 1.807) is 0 Å². The highest BCUT2D eigenvalue weighted by molar-refractivity contribution is 6.21. The van der Waals surface area contributed by atoms with Crippen LogP contribution in [-0.4, -0.2) is 24.9 Å². The van der Waals surface area contributed by atoms with Crippen LogP contribution in [0.25, 0.3) is 55.1 Å². The number of aromatic nitrogens is 5. The Morgan fingerprint density at radius 2 is 1.58 bits per heavy atom. The number of benzene rings is 2. The minimum Gasteiger partial charge on any atom is -0.358 e. The smallest absolute Gasteiger partial charge is 0.140 e. The van der Waals surface area contributed by atoms with Crippen LogP contribution in [0, 0.1) is 0 Å². The van der Waals surface area contributed by atoms with Crippen molar-refractivity contribution in [3.05, 3.63) is 66.1 Å². The van der Waals surface area contributed by atoms with Crippen LogP contribution in [0.4, 0.5) is 0 Å². The van der Waals surface area contributed by atoms with Crippen molar-refractivity contribution in [3.8, 4) is 11.4 Å². The fourth-order valence-electron chi connectivity index (χ4n) is 4.62. The third-order valence-corrected chi connectivity index (χ3v) is 6.23. The van der Waals surface area contributed by atoms with Crippen molar-refractivity contribution in [2.24, 2.45) is 0 Å². The van der Waals surface area contributed by atoms with E-state index in [1.165, 1.54) is 16.6 Å². The maximum atomic E-state index is 5.12. The maximum Gasteiger partial charge on any atom is 0.140 e. The number of nitrogens with one attached hydrogen (secondary N) is 2. The van der Waals surface area contributed by atoms with E-state index in [2.05, 4.69) is 71.0 Å². The Labute approximate surface area is 179 Å². The SMILES string of the molecule is CCc1[nH]c2ccc(C(C)C)cc2c1-c1nc2c3cccnc3c3ncccc3c2[nH]1. The lowest BCUT2D eigenvalue weighted by Crippen LogP contribution is -1.88. The van der Waals surface area contributed by atoms with Gasteiger partial charge in [-0.1, -0.05) is 26.8 Å². The van der Waals surface area contributed by atoms with Crippen molar-refractivity contribution in [3.63, 3.8) is 0 Å². The molecule has 0 spiro atoms. The van der Waals surface area contributed by atoms with Crippen molar-refractivity contribution in [2.45, 2.75) is 33.1 Å². The number of imidazole rings is 1. The molecule has 0 aliphatic rings. The normalized spacial score (nSPS) is 12.1. The summed E-state index contributed by atoms with van der Waals surface area (Å²) in [6.07, 6.45) is 4.54. The first-order valence-electron chi connectivity index (χ1n) is 10.8. The van der Waals surface area contributed by atoms with Gasteiger partial charge in [0.25, 0.3) is 0 Å². The molecule has 6 aromatic rings. The summed E-state index contributed by atoms with van der Waals surface area (Å²) in [5.74, 6) is 1.36. The maximum absolute atomic E-state index is 5.12. The molecule has 152 valence electrons. The van der Waals surface area contributed by atoms with Crippen LogP contribution in [0.1, 0.15) is 37.9 Å². The molecule has 0 amide bonds. The molecule has 0 saturated heterocycles. The van der Waals surface area contributed by atoms with Crippen molar-refractivity contribution >= 4 is 43.7 Å². The summed E-state index contributed by atoms with van der Waals surface area (Å²) in [5.41, 5.74) is 8.57. The summed E-state index contributed by atoms with van der Waals surface area (Å²) in [7, 11) is 0. The van der Waals surface area contributed by atoms with Crippen LogP contribution in [0.5, 0.6) is 0 Å². The van der Waals surface area contributed by atoms with Gasteiger partial charge in [0.2, 0.25) is 0 Å². The van der Waals surface area contributed by atoms with Gasteiger partial charge in [-0.05, 0) is 54.3 Å². The fraction of sp³-hybridized carbons (Fsp3) is 0.192. The predicted octanol–water partition coefficient (Wildman–Crippen LogP) is 6.49. The lowest BCUT2D eigenvalue weighted by molar-refractivity contribution is 0.869. The summed E-state index contributed by atoms with van der Waals surface area (Å²) in [4.78, 5) is 21.6. The number of H-pyrrole nitrogens is 2. The molecule has 2 N–H and O–H groups in total. The van der Waals surface area contributed by atoms with Gasteiger partial charge in [0.05, 0.1) is 22.1 Å². The highest BCUT2D eigenvalue weighted by atomic mass is 14.9. The molecule has 0 radical (unpaired) electrons. The molecule has 0 unspecified atom stereocenters. The van der Waals surface area contributed by atoms with Crippen molar-refractivity contribution < 1.29 is 0 Å². The number of fused-ring (bicyclic) bond motifs is 7. The van der Waals surface area contributed by atoms with Gasteiger partial charge in [-0.15, -0.1) is 0 Å². The number of pyridine rings is 2. The minimum absolute atomic E-state index is 0.470. The molecule has 0 fully saturated rings. The zero-order valence-electron chi connectivity index (χ0n) is 17.8. The Bertz CT molecular complexity index is 1530. The van der Waals surface area contributed by atoms with Crippen LogP contribution in [-0.2, 0) is 6.42 Å². The molecular formula is C26H23N5. The number of aryl methyl sites for hydroxylation is 1. The molecule has 0 aliphatic carbocycles. The van der Waals surface area contributed by atoms with Gasteiger partial charge in [0.15, 0.2) is 0 Å². The van der Waals surface area contributed by atoms with Crippen LogP contribution < -0.4 is 0 Å². The Balaban J connectivity index is 1.73. The van der Waals surface area contributed by atoms with Crippen LogP contribution >= 0.6 is 0 Å². The number of rotatable bonds is 3. The van der Waals surface area contributed by atoms with Gasteiger partial charge >= 0.3 is 0 Å². The second kappa shape index (κ2) is 6.64. The molecule has 0 atom stereocenters. The summed E-state index contributed by atoms with van der Waals surface area (Å²) in [6.45, 7) is 6.64. The molecule has 4 heterocycles. The molecule has 2 aromatic carbocycles. The number of hydrogen-bond donors (Lipinski definition) is 2. The Morgan fingerprint density at radius 1 is 0.839 bits per heavy atom. The Morgan fingerprint density at radius 3 is 2.32 bits per heavy atom. The first kappa shape index (κ1) is 18.1. The van der Waals surface area contributed by atoms with Crippen molar-refractivity contribution in [1.29, 1.82) is 0 Å². The molecule has 0 saturated carbocycles. The van der Waals surface area contributed by atoms with Gasteiger partial charge in [0.1, 0.15) is 5.82 Å². The number of aromatic amines is 2. The Kier molecular flexibility index (Phi) is 3.87. The van der Waals surface area contributed by atoms with Crippen molar-refractivity contribution in [1.82, 2.24) is 24.9 Å². The summed E-state index contributed by atoms with van der Waals surface area (Å²) in [5, 5.41) is 3.28. The van der Waals surface area contributed by atoms with Crippen molar-refractivity contribution in [2.75, 3.05) is 0 Å². The highest BCUT2D eigenvalue weighted by Gasteiger charge is 2.20. The van der Waals surface area contributed by atoms with Gasteiger partial charge < -0.3 is 9.97 Å². The predicted molar refractivity (Wildman–Crippen MR) is 127 cm³/mol. The molecule has 0 bridgehead atoms. The van der Waals surface area contributed by atoms with E-state index >= 15 is 0 Å². The fourth-order valence-corrected chi connectivity index (χ4v) is 4.62. The third kappa shape index (κ3) is 2.59. The lowest BCUT2D eigenvalue weighted by atomic mass is 9.99. The van der Waals surface area contributed by atoms with E-state index in [0.717, 1.165) is 56.2 Å². The van der Waals surface area contributed by atoms with E-state index in [1.807, 2.05) is 24.5 Å². The molecule has 6 rings (SSSR count). The van der Waals surface area contributed by atoms with E-state index in [4.69, 9.17) is 4.98 Å². The molecule has 5 nitrogen and oxygen atoms in total. The first-order chi connectivity index (χ1) is 15.2. The third-order valence-electron chi connectivity index (χ3n) is 6.23. The standard InChI is InChI=1S/C26H23N5/c1-4-19-21(18-13-15(14(2)3)9-10-20(18)29-19)26-30-24-16-7-5-11-27-22(16)23-17(25(24)31-26)8-6-12-28-23/h5-14,29H,4H2,1-3H3,(H,30,31). The Hall–Kier alpha value is -3.73. The zero-order chi connectivity index (χ0) is 21.1. The number of hydrogen-bond acceptors (Lipinski definition) is 3. The van der Waals surface area contributed by atoms with E-state index < -0.39 is 0 Å². The second-order valence-electron chi connectivity index (χ2n) is 8.40. The molecule has 4 aromatic heterocycles. The molecule has 0 aliphatic heterocycles. The van der Waals surface area contributed by atoms with Gasteiger partial charge in [0, 0.05) is 45.3 Å². The van der Waals surface area contributed by atoms with E-state index in [-0.39, 0.29) is 0 Å². The molecular weight excluding hydrogens is 382 g/mol. The van der Waals surface area contributed by atoms with E-state index in [0.29, 0.717) is 5.92 Å². The summed E-state index contributed by atoms with van der Waals surface area (Å²) >= 11 is 0. The highest BCUT2D eigenvalue weighted by Crippen LogP contribution is 2.37. The minimum atomic E-state index is 0.470. The van der Waals surface area contributed by atoms with E-state index in [9.17, 15) is 0 Å². The van der Waals surface area contributed by atoms with Crippen LogP contribution in [0.15, 0.2) is 54.9 Å². The van der Waals surface area contributed by atoms with Crippen LogP contribution in [0.2, 0.25) is 0 Å². The van der Waals surface area contributed by atoms with Gasteiger partial charge in [-0.3, -0.25) is 9.97 Å². The average Bonchev–Trinajstić information content (AvgIpc) is 3.40. The quantitative estimate of drug-likeness (QED) is 0.330. The number of nitrogens with zero attached hydrogens (tertiary/aromatic N) is 3. The molecule has 31 heavy (non-hydrogen) atoms. The average molecular weight is 406 g/mol. The van der Waals surface area contributed by atoms with Gasteiger partial charge in [-0.25, -0.2) is 4.98 Å². The molecule has 5 heteroatoms. The van der Waals surface area contributed by atoms with Crippen LogP contribution in [0.3, 0.4) is 0 Å². The zero-order valence-corrected chi connectivity index (χ0v) is 17.8. The second-order valence-corrected chi connectivity index (χ2v) is 8.40. The summed E-state index contributed by atoms with van der Waals surface area (Å²) < 4.78 is 0. The monoisotopic (exact) mass is 405 g/mol. The largest absolute Gasteiger partial charge is 0.358 e. The van der Waals surface area contributed by atoms with Gasteiger partial charge in [-0.2, -0.15) is 0 Å². The topological polar surface area (TPSA) is 70.2 Å². The summed E-state index contributed by atoms with van der Waals surface area (Å²) in [6, 6.07) is 14.8.